The van der Waals surface area contributed by atoms with Crippen molar-refractivity contribution < 1.29 is 8.95 Å². The summed E-state index contributed by atoms with van der Waals surface area (Å²) in [5.74, 6) is 1.68. The highest BCUT2D eigenvalue weighted by atomic mass is 32.2. The largest absolute Gasteiger partial charge is 0.375 e. The van der Waals surface area contributed by atoms with Gasteiger partial charge in [0.25, 0.3) is 0 Å². The summed E-state index contributed by atoms with van der Waals surface area (Å²) in [6.07, 6.45) is 0.134. The SMILES string of the molecule is CC(CN)CS(=O)CC1CN(C)CCO1. The van der Waals surface area contributed by atoms with Gasteiger partial charge in [0.2, 0.25) is 0 Å². The molecule has 3 atom stereocenters. The van der Waals surface area contributed by atoms with E-state index in [9.17, 15) is 4.21 Å². The van der Waals surface area contributed by atoms with E-state index >= 15 is 0 Å². The van der Waals surface area contributed by atoms with Crippen molar-refractivity contribution in [3.05, 3.63) is 0 Å². The molecule has 0 bridgehead atoms. The van der Waals surface area contributed by atoms with Crippen LogP contribution in [0.2, 0.25) is 0 Å². The Morgan fingerprint density at radius 2 is 2.40 bits per heavy atom. The molecule has 0 radical (unpaired) electrons. The third-order valence-electron chi connectivity index (χ3n) is 2.59. The minimum absolute atomic E-state index is 0.134. The summed E-state index contributed by atoms with van der Waals surface area (Å²) in [5, 5.41) is 0. The van der Waals surface area contributed by atoms with E-state index in [-0.39, 0.29) is 6.10 Å². The second kappa shape index (κ2) is 6.58. The van der Waals surface area contributed by atoms with E-state index in [1.807, 2.05) is 6.92 Å². The maximum Gasteiger partial charge on any atom is 0.0817 e. The molecule has 1 aliphatic heterocycles. The van der Waals surface area contributed by atoms with Gasteiger partial charge in [-0.05, 0) is 19.5 Å². The van der Waals surface area contributed by atoms with E-state index in [0.29, 0.717) is 24.0 Å². The highest BCUT2D eigenvalue weighted by Gasteiger charge is 2.20. The zero-order chi connectivity index (χ0) is 11.3. The maximum atomic E-state index is 11.7. The van der Waals surface area contributed by atoms with E-state index in [0.717, 1.165) is 19.7 Å². The van der Waals surface area contributed by atoms with Crippen LogP contribution < -0.4 is 5.73 Å². The predicted molar refractivity (Wildman–Crippen MR) is 63.3 cm³/mol. The molecule has 0 aliphatic carbocycles. The summed E-state index contributed by atoms with van der Waals surface area (Å²) >= 11 is 0. The van der Waals surface area contributed by atoms with E-state index in [1.54, 1.807) is 0 Å². The Bertz CT molecular complexity index is 214. The number of hydrogen-bond donors (Lipinski definition) is 1. The Hall–Kier alpha value is 0.0300. The molecule has 1 fully saturated rings. The van der Waals surface area contributed by atoms with Crippen LogP contribution in [-0.2, 0) is 15.5 Å². The Morgan fingerprint density at radius 1 is 1.67 bits per heavy atom. The molecule has 1 rings (SSSR count). The molecule has 4 nitrogen and oxygen atoms in total. The van der Waals surface area contributed by atoms with E-state index < -0.39 is 10.8 Å². The molecule has 0 aromatic heterocycles. The molecule has 5 heteroatoms. The highest BCUT2D eigenvalue weighted by molar-refractivity contribution is 7.85. The van der Waals surface area contributed by atoms with Crippen LogP contribution in [0.3, 0.4) is 0 Å². The zero-order valence-corrected chi connectivity index (χ0v) is 10.5. The lowest BCUT2D eigenvalue weighted by Gasteiger charge is -2.29. The number of morpholine rings is 1. The van der Waals surface area contributed by atoms with Crippen molar-refractivity contribution in [2.24, 2.45) is 11.7 Å². The second-order valence-corrected chi connectivity index (χ2v) is 5.92. The van der Waals surface area contributed by atoms with E-state index in [2.05, 4.69) is 11.9 Å². The van der Waals surface area contributed by atoms with Crippen LogP contribution in [0.4, 0.5) is 0 Å². The highest BCUT2D eigenvalue weighted by Crippen LogP contribution is 2.06. The third kappa shape index (κ3) is 5.06. The van der Waals surface area contributed by atoms with Gasteiger partial charge in [-0.25, -0.2) is 0 Å². The quantitative estimate of drug-likeness (QED) is 0.707. The molecule has 0 aromatic rings. The number of rotatable bonds is 5. The molecule has 3 unspecified atom stereocenters. The molecule has 0 spiro atoms. The van der Waals surface area contributed by atoms with Crippen LogP contribution >= 0.6 is 0 Å². The normalized spacial score (nSPS) is 27.5. The number of likely N-dealkylation sites (N-methyl/N-ethyl adjacent to an activating group) is 1. The van der Waals surface area contributed by atoms with Gasteiger partial charge in [-0.15, -0.1) is 0 Å². The fourth-order valence-electron chi connectivity index (χ4n) is 1.63. The average Bonchev–Trinajstić information content (AvgIpc) is 2.17. The van der Waals surface area contributed by atoms with Gasteiger partial charge in [-0.1, -0.05) is 6.92 Å². The smallest absolute Gasteiger partial charge is 0.0817 e. The lowest BCUT2D eigenvalue weighted by Crippen LogP contribution is -2.43. The minimum atomic E-state index is -0.794. The topological polar surface area (TPSA) is 55.6 Å². The van der Waals surface area contributed by atoms with Crippen LogP contribution in [0.15, 0.2) is 0 Å². The van der Waals surface area contributed by atoms with Crippen LogP contribution in [0.25, 0.3) is 0 Å². The summed E-state index contributed by atoms with van der Waals surface area (Å²) in [7, 11) is 1.28. The van der Waals surface area contributed by atoms with Crippen molar-refractivity contribution in [2.75, 3.05) is 44.8 Å². The maximum absolute atomic E-state index is 11.7. The van der Waals surface area contributed by atoms with Gasteiger partial charge in [0, 0.05) is 29.6 Å². The molecule has 15 heavy (non-hydrogen) atoms. The van der Waals surface area contributed by atoms with Gasteiger partial charge in [0.05, 0.1) is 18.5 Å². The fraction of sp³-hybridized carbons (Fsp3) is 1.00. The van der Waals surface area contributed by atoms with Crippen molar-refractivity contribution in [3.8, 4) is 0 Å². The van der Waals surface area contributed by atoms with Crippen LogP contribution in [-0.4, -0.2) is 60.0 Å². The first-order valence-electron chi connectivity index (χ1n) is 5.47. The molecule has 1 saturated heterocycles. The minimum Gasteiger partial charge on any atom is -0.375 e. The summed E-state index contributed by atoms with van der Waals surface area (Å²) < 4.78 is 17.3. The Labute approximate surface area is 94.6 Å². The lowest BCUT2D eigenvalue weighted by atomic mass is 10.2. The summed E-state index contributed by atoms with van der Waals surface area (Å²) in [4.78, 5) is 2.22. The van der Waals surface area contributed by atoms with Crippen molar-refractivity contribution in [1.82, 2.24) is 4.90 Å². The van der Waals surface area contributed by atoms with Crippen molar-refractivity contribution in [2.45, 2.75) is 13.0 Å². The second-order valence-electron chi connectivity index (χ2n) is 4.37. The Kier molecular flexibility index (Phi) is 5.74. The van der Waals surface area contributed by atoms with Crippen molar-refractivity contribution in [3.63, 3.8) is 0 Å². The molecule has 0 amide bonds. The van der Waals surface area contributed by atoms with Gasteiger partial charge in [0.1, 0.15) is 0 Å². The first-order valence-corrected chi connectivity index (χ1v) is 6.95. The van der Waals surface area contributed by atoms with Gasteiger partial charge in [-0.3, -0.25) is 4.21 Å². The molecule has 90 valence electrons. The van der Waals surface area contributed by atoms with Crippen LogP contribution in [0, 0.1) is 5.92 Å². The lowest BCUT2D eigenvalue weighted by molar-refractivity contribution is -0.00642. The standard InChI is InChI=1S/C10H22N2O2S/c1-9(5-11)7-15(13)8-10-6-12(2)3-4-14-10/h9-10H,3-8,11H2,1-2H3. The molecule has 2 N–H and O–H groups in total. The van der Waals surface area contributed by atoms with E-state index in [4.69, 9.17) is 10.5 Å². The van der Waals surface area contributed by atoms with Gasteiger partial charge >= 0.3 is 0 Å². The first-order chi connectivity index (χ1) is 7.11. The van der Waals surface area contributed by atoms with Crippen LogP contribution in [0.5, 0.6) is 0 Å². The summed E-state index contributed by atoms with van der Waals surface area (Å²) in [6, 6.07) is 0. The van der Waals surface area contributed by atoms with Gasteiger partial charge < -0.3 is 15.4 Å². The zero-order valence-electron chi connectivity index (χ0n) is 9.65. The number of ether oxygens (including phenoxy) is 1. The van der Waals surface area contributed by atoms with Crippen molar-refractivity contribution in [1.29, 1.82) is 0 Å². The molecule has 0 saturated carbocycles. The number of nitrogens with two attached hydrogens (primary N) is 1. The average molecular weight is 234 g/mol. The molecule has 1 heterocycles. The van der Waals surface area contributed by atoms with Gasteiger partial charge in [0.15, 0.2) is 0 Å². The molecule has 1 aliphatic rings. The van der Waals surface area contributed by atoms with Crippen LogP contribution in [0.1, 0.15) is 6.92 Å². The molecular weight excluding hydrogens is 212 g/mol. The van der Waals surface area contributed by atoms with Gasteiger partial charge in [-0.2, -0.15) is 0 Å². The predicted octanol–water partition coefficient (Wildman–Crippen LogP) is -0.339. The number of nitrogens with zero attached hydrogens (tertiary/aromatic N) is 1. The first kappa shape index (κ1) is 13.1. The summed E-state index contributed by atoms with van der Waals surface area (Å²) in [6.45, 7) is 5.26. The third-order valence-corrected chi connectivity index (χ3v) is 4.27. The molecular formula is C10H22N2O2S. The number of hydrogen-bond acceptors (Lipinski definition) is 4. The van der Waals surface area contributed by atoms with E-state index in [1.165, 1.54) is 0 Å². The fourth-order valence-corrected chi connectivity index (χ4v) is 3.15. The van der Waals surface area contributed by atoms with Crippen molar-refractivity contribution >= 4 is 10.8 Å². The Morgan fingerprint density at radius 3 is 3.00 bits per heavy atom. The monoisotopic (exact) mass is 234 g/mol. The summed E-state index contributed by atoms with van der Waals surface area (Å²) in [5.41, 5.74) is 5.50. The Balaban J connectivity index is 2.24. The molecule has 0 aromatic carbocycles.